The molecule has 0 bridgehead atoms. The van der Waals surface area contributed by atoms with E-state index in [2.05, 4.69) is 6.58 Å². The van der Waals surface area contributed by atoms with E-state index in [-0.39, 0.29) is 4.48 Å². The first-order valence-corrected chi connectivity index (χ1v) is 7.66. The number of benzene rings is 1. The highest BCUT2D eigenvalue weighted by molar-refractivity contribution is 7.86. The Bertz CT molecular complexity index is 532. The van der Waals surface area contributed by atoms with Gasteiger partial charge in [0, 0.05) is 12.0 Å². The second-order valence-electron chi connectivity index (χ2n) is 5.24. The molecular formula is C14H21NO3S. The maximum atomic E-state index is 11.3. The summed E-state index contributed by atoms with van der Waals surface area (Å²) in [7, 11) is -0.762. The summed E-state index contributed by atoms with van der Waals surface area (Å²) < 4.78 is 34.1. The van der Waals surface area contributed by atoms with Gasteiger partial charge in [-0.2, -0.15) is 0 Å². The molecule has 1 aromatic carbocycles. The zero-order valence-electron chi connectivity index (χ0n) is 11.7. The Morgan fingerprint density at radius 1 is 1.32 bits per heavy atom. The molecule has 0 aromatic heterocycles. The van der Waals surface area contributed by atoms with Gasteiger partial charge >= 0.3 is 0 Å². The van der Waals surface area contributed by atoms with Gasteiger partial charge in [0.05, 0.1) is 14.1 Å². The minimum atomic E-state index is -4.30. The third kappa shape index (κ3) is 4.16. The summed E-state index contributed by atoms with van der Waals surface area (Å²) >= 11 is 0. The molecule has 1 rings (SSSR count). The van der Waals surface area contributed by atoms with Gasteiger partial charge in [-0.1, -0.05) is 43.8 Å². The van der Waals surface area contributed by atoms with Crippen LogP contribution in [0.5, 0.6) is 0 Å². The van der Waals surface area contributed by atoms with Gasteiger partial charge in [0.15, 0.2) is 5.37 Å². The van der Waals surface area contributed by atoms with E-state index in [1.807, 2.05) is 24.3 Å². The van der Waals surface area contributed by atoms with Crippen LogP contribution >= 0.6 is 0 Å². The van der Waals surface area contributed by atoms with E-state index in [9.17, 15) is 13.0 Å². The number of rotatable bonds is 6. The van der Waals surface area contributed by atoms with Crippen LogP contribution in [0.3, 0.4) is 0 Å². The molecule has 0 saturated heterocycles. The van der Waals surface area contributed by atoms with E-state index in [4.69, 9.17) is 0 Å². The van der Waals surface area contributed by atoms with Crippen molar-refractivity contribution >= 4 is 16.2 Å². The fourth-order valence-corrected chi connectivity index (χ4v) is 3.56. The second kappa shape index (κ2) is 5.86. The number of quaternary nitrogens is 1. The lowest BCUT2D eigenvalue weighted by atomic mass is 10.1. The van der Waals surface area contributed by atoms with Crippen molar-refractivity contribution in [1.82, 2.24) is 0 Å². The summed E-state index contributed by atoms with van der Waals surface area (Å²) in [5.41, 5.74) is 2.01. The summed E-state index contributed by atoms with van der Waals surface area (Å²) in [6.45, 7) is 5.90. The van der Waals surface area contributed by atoms with Gasteiger partial charge in [0.1, 0.15) is 16.7 Å². The third-order valence-electron chi connectivity index (χ3n) is 3.27. The average molecular weight is 283 g/mol. The summed E-state index contributed by atoms with van der Waals surface area (Å²) in [4.78, 5) is 0. The molecule has 0 aliphatic rings. The van der Waals surface area contributed by atoms with E-state index in [0.717, 1.165) is 11.1 Å². The van der Waals surface area contributed by atoms with Crippen LogP contribution in [0.4, 0.5) is 0 Å². The zero-order valence-corrected chi connectivity index (χ0v) is 12.5. The van der Waals surface area contributed by atoms with Crippen LogP contribution in [0.25, 0.3) is 6.08 Å². The van der Waals surface area contributed by atoms with Crippen LogP contribution in [0.2, 0.25) is 0 Å². The lowest BCUT2D eigenvalue weighted by Gasteiger charge is -2.38. The van der Waals surface area contributed by atoms with E-state index in [1.165, 1.54) is 0 Å². The van der Waals surface area contributed by atoms with Gasteiger partial charge in [-0.05, 0) is 5.56 Å². The fraction of sp³-hybridized carbons (Fsp3) is 0.429. The van der Waals surface area contributed by atoms with Crippen LogP contribution in [-0.4, -0.2) is 36.9 Å². The smallest absolute Gasteiger partial charge is 0.178 e. The largest absolute Gasteiger partial charge is 0.743 e. The number of nitrogens with zero attached hydrogens (tertiary/aromatic N) is 1. The fourth-order valence-electron chi connectivity index (χ4n) is 2.38. The first-order valence-electron chi connectivity index (χ1n) is 6.19. The predicted molar refractivity (Wildman–Crippen MR) is 76.1 cm³/mol. The van der Waals surface area contributed by atoms with Crippen LogP contribution in [0.1, 0.15) is 24.5 Å². The molecule has 0 N–H and O–H groups in total. The molecule has 0 saturated carbocycles. The topological polar surface area (TPSA) is 57.2 Å². The Morgan fingerprint density at radius 2 is 1.84 bits per heavy atom. The van der Waals surface area contributed by atoms with Crippen molar-refractivity contribution in [3.05, 3.63) is 42.0 Å². The molecule has 106 valence electrons. The minimum Gasteiger partial charge on any atom is -0.743 e. The standard InChI is InChI=1S/C14H21NO3S/c1-5-12-7-9-13(10-8-12)11-15(3,4)14(6-2)19(16,17)18/h5,7-10,14H,1,6,11H2,2-4H3. The van der Waals surface area contributed by atoms with Gasteiger partial charge in [0.25, 0.3) is 0 Å². The molecular weight excluding hydrogens is 262 g/mol. The normalized spacial score (nSPS) is 14.1. The average Bonchev–Trinajstić information content (AvgIpc) is 2.27. The van der Waals surface area contributed by atoms with Crippen molar-refractivity contribution in [3.8, 4) is 0 Å². The summed E-state index contributed by atoms with van der Waals surface area (Å²) in [6, 6.07) is 7.71. The van der Waals surface area contributed by atoms with Crippen LogP contribution in [-0.2, 0) is 16.7 Å². The molecule has 0 aliphatic heterocycles. The van der Waals surface area contributed by atoms with E-state index in [0.29, 0.717) is 13.0 Å². The highest BCUT2D eigenvalue weighted by atomic mass is 32.2. The molecule has 1 aromatic rings. The van der Waals surface area contributed by atoms with Crippen molar-refractivity contribution in [3.63, 3.8) is 0 Å². The van der Waals surface area contributed by atoms with Gasteiger partial charge in [-0.3, -0.25) is 0 Å². The second-order valence-corrected chi connectivity index (χ2v) is 6.77. The molecule has 5 heteroatoms. The Balaban J connectivity index is 2.97. The van der Waals surface area contributed by atoms with Crippen LogP contribution in [0.15, 0.2) is 30.8 Å². The summed E-state index contributed by atoms with van der Waals surface area (Å²) in [5, 5.41) is -0.924. The van der Waals surface area contributed by atoms with E-state index in [1.54, 1.807) is 27.1 Å². The summed E-state index contributed by atoms with van der Waals surface area (Å²) in [6.07, 6.45) is 2.06. The molecule has 1 atom stereocenters. The Morgan fingerprint density at radius 3 is 2.21 bits per heavy atom. The van der Waals surface area contributed by atoms with Crippen LogP contribution < -0.4 is 0 Å². The van der Waals surface area contributed by atoms with Gasteiger partial charge in [0.2, 0.25) is 0 Å². The molecule has 19 heavy (non-hydrogen) atoms. The van der Waals surface area contributed by atoms with Gasteiger partial charge < -0.3 is 9.04 Å². The van der Waals surface area contributed by atoms with Crippen molar-refractivity contribution in [2.45, 2.75) is 25.3 Å². The zero-order chi connectivity index (χ0) is 14.7. The lowest BCUT2D eigenvalue weighted by molar-refractivity contribution is -0.914. The highest BCUT2D eigenvalue weighted by Gasteiger charge is 2.32. The SMILES string of the molecule is C=Cc1ccc(C[N+](C)(C)C(CC)S(=O)(=O)[O-])cc1. The summed E-state index contributed by atoms with van der Waals surface area (Å²) in [5.74, 6) is 0. The number of hydrogen-bond donors (Lipinski definition) is 0. The van der Waals surface area contributed by atoms with Crippen molar-refractivity contribution < 1.29 is 17.5 Å². The third-order valence-corrected chi connectivity index (χ3v) is 4.84. The molecule has 0 spiro atoms. The highest BCUT2D eigenvalue weighted by Crippen LogP contribution is 2.20. The molecule has 1 unspecified atom stereocenters. The maximum absolute atomic E-state index is 11.3. The lowest BCUT2D eigenvalue weighted by Crippen LogP contribution is -2.51. The molecule has 0 radical (unpaired) electrons. The van der Waals surface area contributed by atoms with Gasteiger partial charge in [-0.25, -0.2) is 8.42 Å². The van der Waals surface area contributed by atoms with E-state index < -0.39 is 15.5 Å². The van der Waals surface area contributed by atoms with Crippen LogP contribution in [0, 0.1) is 0 Å². The van der Waals surface area contributed by atoms with Crippen molar-refractivity contribution in [2.24, 2.45) is 0 Å². The van der Waals surface area contributed by atoms with Crippen molar-refractivity contribution in [1.29, 1.82) is 0 Å². The Labute approximate surface area is 115 Å². The Hall–Kier alpha value is -1.17. The predicted octanol–water partition coefficient (Wildman–Crippen LogP) is 2.19. The minimum absolute atomic E-state index is 0.135. The monoisotopic (exact) mass is 283 g/mol. The van der Waals surface area contributed by atoms with E-state index >= 15 is 0 Å². The molecule has 4 nitrogen and oxygen atoms in total. The molecule has 0 aliphatic carbocycles. The first kappa shape index (κ1) is 15.9. The maximum Gasteiger partial charge on any atom is 0.178 e. The van der Waals surface area contributed by atoms with Gasteiger partial charge in [-0.15, -0.1) is 0 Å². The molecule has 0 fully saturated rings. The quantitative estimate of drug-likeness (QED) is 0.594. The first-order chi connectivity index (χ1) is 8.70. The number of hydrogen-bond acceptors (Lipinski definition) is 3. The Kier molecular flexibility index (Phi) is 4.90. The van der Waals surface area contributed by atoms with Crippen molar-refractivity contribution in [2.75, 3.05) is 14.1 Å². The molecule has 0 amide bonds. The molecule has 0 heterocycles.